The van der Waals surface area contributed by atoms with Gasteiger partial charge in [0.25, 0.3) is 0 Å². The minimum Gasteiger partial charge on any atom is -0.490 e. The molecule has 266 valence electrons. The number of hydrogen-bond donors (Lipinski definition) is 0. The van der Waals surface area contributed by atoms with Crippen molar-refractivity contribution in [3.63, 3.8) is 0 Å². The van der Waals surface area contributed by atoms with E-state index < -0.39 is 40.5 Å². The van der Waals surface area contributed by atoms with Crippen LogP contribution in [0.5, 0.6) is 11.5 Å². The van der Waals surface area contributed by atoms with Crippen molar-refractivity contribution in [1.29, 1.82) is 0 Å². The van der Waals surface area contributed by atoms with E-state index in [0.29, 0.717) is 70.0 Å². The fourth-order valence-corrected chi connectivity index (χ4v) is 6.96. The SMILES string of the molecule is CCCCOc1ccc(-c2ccc(C3CCC(OC(=O)C4CCC(c5ccc(OCCCC)c(F)c5F)CC4)CC3)c(F)c2F)c(F)c1F. The largest absolute Gasteiger partial charge is 0.490 e. The second kappa shape index (κ2) is 16.8. The van der Waals surface area contributed by atoms with Gasteiger partial charge in [-0.1, -0.05) is 44.9 Å². The first-order chi connectivity index (χ1) is 23.6. The van der Waals surface area contributed by atoms with Gasteiger partial charge in [0.1, 0.15) is 6.10 Å². The van der Waals surface area contributed by atoms with Gasteiger partial charge in [0, 0.05) is 11.1 Å². The summed E-state index contributed by atoms with van der Waals surface area (Å²) in [5, 5.41) is 0. The summed E-state index contributed by atoms with van der Waals surface area (Å²) in [6.45, 7) is 4.45. The first kappa shape index (κ1) is 36.6. The number of hydrogen-bond acceptors (Lipinski definition) is 4. The number of benzene rings is 3. The Bertz CT molecular complexity index is 1600. The van der Waals surface area contributed by atoms with Crippen LogP contribution in [-0.4, -0.2) is 25.3 Å². The summed E-state index contributed by atoms with van der Waals surface area (Å²) in [5.74, 6) is -8.37. The lowest BCUT2D eigenvalue weighted by atomic mass is 9.78. The van der Waals surface area contributed by atoms with E-state index in [1.807, 2.05) is 13.8 Å². The fraction of sp³-hybridized carbons (Fsp3) is 0.513. The van der Waals surface area contributed by atoms with E-state index in [2.05, 4.69) is 0 Å². The molecule has 0 radical (unpaired) electrons. The molecule has 4 nitrogen and oxygen atoms in total. The molecule has 3 aromatic carbocycles. The Morgan fingerprint density at radius 3 is 1.55 bits per heavy atom. The molecular weight excluding hydrogens is 646 g/mol. The van der Waals surface area contributed by atoms with Gasteiger partial charge in [-0.25, -0.2) is 17.6 Å². The minimum absolute atomic E-state index is 0.0896. The van der Waals surface area contributed by atoms with Crippen LogP contribution < -0.4 is 9.47 Å². The summed E-state index contributed by atoms with van der Waals surface area (Å²) < 4.78 is 106. The highest BCUT2D eigenvalue weighted by Gasteiger charge is 2.34. The molecule has 2 saturated carbocycles. The van der Waals surface area contributed by atoms with Gasteiger partial charge in [0.15, 0.2) is 34.8 Å². The Morgan fingerprint density at radius 2 is 1.00 bits per heavy atom. The number of carbonyl (C=O) groups is 1. The highest BCUT2D eigenvalue weighted by molar-refractivity contribution is 5.73. The van der Waals surface area contributed by atoms with Gasteiger partial charge in [-0.15, -0.1) is 0 Å². The molecule has 0 atom stereocenters. The highest BCUT2D eigenvalue weighted by Crippen LogP contribution is 2.42. The van der Waals surface area contributed by atoms with Crippen LogP contribution in [0.2, 0.25) is 0 Å². The van der Waals surface area contributed by atoms with Gasteiger partial charge < -0.3 is 14.2 Å². The normalized spacial score (nSPS) is 21.0. The summed E-state index contributed by atoms with van der Waals surface area (Å²) in [6.07, 6.45) is 6.60. The summed E-state index contributed by atoms with van der Waals surface area (Å²) in [4.78, 5) is 13.0. The van der Waals surface area contributed by atoms with Crippen LogP contribution >= 0.6 is 0 Å². The summed E-state index contributed by atoms with van der Waals surface area (Å²) >= 11 is 0. The first-order valence-corrected chi connectivity index (χ1v) is 17.5. The number of rotatable bonds is 13. The van der Waals surface area contributed by atoms with E-state index in [-0.39, 0.29) is 59.1 Å². The first-order valence-electron chi connectivity index (χ1n) is 17.5. The Morgan fingerprint density at radius 1 is 0.571 bits per heavy atom. The molecule has 10 heteroatoms. The molecule has 0 N–H and O–H groups in total. The molecule has 2 fully saturated rings. The van der Waals surface area contributed by atoms with Crippen molar-refractivity contribution < 1.29 is 45.3 Å². The van der Waals surface area contributed by atoms with Crippen LogP contribution in [0.1, 0.15) is 114 Å². The zero-order valence-corrected chi connectivity index (χ0v) is 28.1. The molecule has 3 aromatic rings. The molecule has 2 aliphatic rings. The van der Waals surface area contributed by atoms with Crippen molar-refractivity contribution in [3.05, 3.63) is 82.4 Å². The highest BCUT2D eigenvalue weighted by atomic mass is 19.2. The van der Waals surface area contributed by atoms with Gasteiger partial charge in [0.05, 0.1) is 19.1 Å². The van der Waals surface area contributed by atoms with E-state index in [9.17, 15) is 22.4 Å². The minimum atomic E-state index is -1.31. The monoisotopic (exact) mass is 690 g/mol. The third kappa shape index (κ3) is 8.38. The predicted molar refractivity (Wildman–Crippen MR) is 175 cm³/mol. The van der Waals surface area contributed by atoms with Crippen molar-refractivity contribution >= 4 is 5.97 Å². The Balaban J connectivity index is 1.13. The average Bonchev–Trinajstić information content (AvgIpc) is 3.11. The summed E-state index contributed by atoms with van der Waals surface area (Å²) in [6, 6.07) is 8.12. The topological polar surface area (TPSA) is 44.8 Å². The van der Waals surface area contributed by atoms with Gasteiger partial charge in [0.2, 0.25) is 11.6 Å². The van der Waals surface area contributed by atoms with Crippen molar-refractivity contribution in [2.24, 2.45) is 5.92 Å². The molecule has 0 bridgehead atoms. The lowest BCUT2D eigenvalue weighted by Gasteiger charge is -2.32. The third-order valence-electron chi connectivity index (χ3n) is 9.93. The van der Waals surface area contributed by atoms with Crippen molar-refractivity contribution in [1.82, 2.24) is 0 Å². The van der Waals surface area contributed by atoms with Crippen LogP contribution in [0, 0.1) is 40.8 Å². The van der Waals surface area contributed by atoms with Crippen molar-refractivity contribution in [2.75, 3.05) is 13.2 Å². The van der Waals surface area contributed by atoms with E-state index in [0.717, 1.165) is 19.3 Å². The van der Waals surface area contributed by atoms with E-state index in [1.54, 1.807) is 6.07 Å². The quantitative estimate of drug-likeness (QED) is 0.102. The van der Waals surface area contributed by atoms with E-state index in [4.69, 9.17) is 14.2 Å². The molecule has 0 heterocycles. The molecule has 5 rings (SSSR count). The molecule has 2 aliphatic carbocycles. The van der Waals surface area contributed by atoms with Crippen LogP contribution in [-0.2, 0) is 9.53 Å². The average molecular weight is 691 g/mol. The van der Waals surface area contributed by atoms with Crippen molar-refractivity contribution in [2.45, 2.75) is 109 Å². The second-order valence-electron chi connectivity index (χ2n) is 13.2. The van der Waals surface area contributed by atoms with Crippen LogP contribution in [0.25, 0.3) is 11.1 Å². The Labute approximate surface area is 284 Å². The van der Waals surface area contributed by atoms with Gasteiger partial charge in [-0.2, -0.15) is 8.78 Å². The van der Waals surface area contributed by atoms with Gasteiger partial charge in [-0.3, -0.25) is 4.79 Å². The second-order valence-corrected chi connectivity index (χ2v) is 13.2. The third-order valence-corrected chi connectivity index (χ3v) is 9.93. The zero-order chi connectivity index (χ0) is 35.1. The molecule has 49 heavy (non-hydrogen) atoms. The van der Waals surface area contributed by atoms with E-state index in [1.165, 1.54) is 30.3 Å². The number of ether oxygens (including phenoxy) is 3. The Hall–Kier alpha value is -3.69. The lowest BCUT2D eigenvalue weighted by molar-refractivity contribution is -0.157. The Kier molecular flexibility index (Phi) is 12.6. The lowest BCUT2D eigenvalue weighted by Crippen LogP contribution is -2.30. The molecule has 0 amide bonds. The number of unbranched alkanes of at least 4 members (excludes halogenated alkanes) is 2. The maximum absolute atomic E-state index is 15.3. The standard InChI is InChI=1S/C39H44F6O4/c1-3-5-21-47-31-19-17-28(34(41)37(31)44)23-7-9-25(10-8-23)39(46)49-26-13-11-24(12-14-26)27-15-16-29(35(42)33(27)40)30-18-20-32(38(45)36(30)43)48-22-6-4-2/h15-20,23-26H,3-14,21-22H2,1-2H3. The molecule has 0 unspecified atom stereocenters. The molecule has 0 aliphatic heterocycles. The van der Waals surface area contributed by atoms with Gasteiger partial charge in [-0.05, 0) is 105 Å². The maximum atomic E-state index is 15.3. The molecule has 0 aromatic heterocycles. The molecular formula is C39H44F6O4. The molecule has 0 saturated heterocycles. The van der Waals surface area contributed by atoms with Crippen LogP contribution in [0.15, 0.2) is 36.4 Å². The van der Waals surface area contributed by atoms with Gasteiger partial charge >= 0.3 is 5.97 Å². The summed E-state index contributed by atoms with van der Waals surface area (Å²) in [5.41, 5.74) is -0.328. The number of halogens is 6. The number of carbonyl (C=O) groups excluding carboxylic acids is 1. The van der Waals surface area contributed by atoms with Crippen LogP contribution in [0.3, 0.4) is 0 Å². The number of esters is 1. The predicted octanol–water partition coefficient (Wildman–Crippen LogP) is 11.1. The van der Waals surface area contributed by atoms with Crippen molar-refractivity contribution in [3.8, 4) is 22.6 Å². The maximum Gasteiger partial charge on any atom is 0.309 e. The fourth-order valence-electron chi connectivity index (χ4n) is 6.96. The molecule has 0 spiro atoms. The smallest absolute Gasteiger partial charge is 0.309 e. The zero-order valence-electron chi connectivity index (χ0n) is 28.1. The van der Waals surface area contributed by atoms with Crippen LogP contribution in [0.4, 0.5) is 26.3 Å². The van der Waals surface area contributed by atoms with E-state index >= 15 is 8.78 Å². The summed E-state index contributed by atoms with van der Waals surface area (Å²) in [7, 11) is 0.